The number of quaternary nitrogens is 1. The van der Waals surface area contributed by atoms with Crippen molar-refractivity contribution in [2.75, 3.05) is 20.6 Å². The van der Waals surface area contributed by atoms with Crippen molar-refractivity contribution in [3.05, 3.63) is 59.7 Å². The number of fused-ring (bicyclic) bond motifs is 2. The molecule has 0 N–H and O–H groups in total. The maximum absolute atomic E-state index is 9.12. The molecule has 0 amide bonds. The number of hydrogen-bond donors (Lipinski definition) is 0. The maximum atomic E-state index is 9.12. The van der Waals surface area contributed by atoms with Gasteiger partial charge in [-0.25, -0.2) is 0 Å². The number of benzene rings is 2. The average molecular weight is 277 g/mol. The van der Waals surface area contributed by atoms with Crippen LogP contribution in [0.1, 0.15) is 11.1 Å². The summed E-state index contributed by atoms with van der Waals surface area (Å²) < 4.78 is 6.55. The first-order chi connectivity index (χ1) is 10.1. The molecule has 0 aliphatic carbocycles. The molecule has 1 aliphatic rings. The zero-order valence-corrected chi connectivity index (χ0v) is 12.2. The fourth-order valence-corrected chi connectivity index (χ4v) is 2.57. The Labute approximate surface area is 124 Å². The molecule has 0 aromatic heterocycles. The molecule has 0 atom stereocenters. The molecule has 2 aromatic rings. The van der Waals surface area contributed by atoms with E-state index in [0.29, 0.717) is 11.0 Å². The first-order valence-electron chi connectivity index (χ1n) is 6.90. The van der Waals surface area contributed by atoms with E-state index in [1.54, 1.807) is 0 Å². The van der Waals surface area contributed by atoms with Crippen LogP contribution in [-0.4, -0.2) is 25.1 Å². The van der Waals surface area contributed by atoms with E-state index in [9.17, 15) is 0 Å². The summed E-state index contributed by atoms with van der Waals surface area (Å²) in [5, 5.41) is 9.12. The van der Waals surface area contributed by atoms with E-state index in [-0.39, 0.29) is 0 Å². The van der Waals surface area contributed by atoms with Crippen molar-refractivity contribution in [2.24, 2.45) is 0 Å². The van der Waals surface area contributed by atoms with Crippen LogP contribution in [0.3, 0.4) is 0 Å². The minimum Gasteiger partial charge on any atom is -0.456 e. The van der Waals surface area contributed by atoms with E-state index in [0.717, 1.165) is 28.3 Å². The lowest BCUT2D eigenvalue weighted by molar-refractivity contribution is -0.809. The smallest absolute Gasteiger partial charge is 0.170 e. The Bertz CT molecular complexity index is 754. The maximum Gasteiger partial charge on any atom is 0.170 e. The summed E-state index contributed by atoms with van der Waals surface area (Å²) in [5.74, 6) is 1.68. The van der Waals surface area contributed by atoms with Gasteiger partial charge in [-0.05, 0) is 18.2 Å². The number of nitrogens with zero attached hydrogens (tertiary/aromatic N) is 2. The van der Waals surface area contributed by atoms with E-state index in [2.05, 4.69) is 12.1 Å². The van der Waals surface area contributed by atoms with Crippen LogP contribution >= 0.6 is 0 Å². The Morgan fingerprint density at radius 3 is 2.43 bits per heavy atom. The van der Waals surface area contributed by atoms with Crippen LogP contribution in [-0.2, 0) is 0 Å². The number of nitriles is 1. The van der Waals surface area contributed by atoms with Crippen LogP contribution in [0.4, 0.5) is 0 Å². The van der Waals surface area contributed by atoms with Gasteiger partial charge in [0.05, 0.1) is 19.7 Å². The lowest BCUT2D eigenvalue weighted by Crippen LogP contribution is -2.37. The van der Waals surface area contributed by atoms with Crippen molar-refractivity contribution in [1.29, 1.82) is 5.26 Å². The Morgan fingerprint density at radius 2 is 1.67 bits per heavy atom. The van der Waals surface area contributed by atoms with E-state index in [1.165, 1.54) is 0 Å². The van der Waals surface area contributed by atoms with Crippen molar-refractivity contribution in [2.45, 2.75) is 0 Å². The van der Waals surface area contributed by atoms with Crippen molar-refractivity contribution < 1.29 is 9.22 Å². The molecule has 1 aliphatic heterocycles. The minimum absolute atomic E-state index is 0.405. The molecule has 2 aromatic carbocycles. The van der Waals surface area contributed by atoms with E-state index in [1.807, 2.05) is 62.6 Å². The topological polar surface area (TPSA) is 33.0 Å². The van der Waals surface area contributed by atoms with Crippen molar-refractivity contribution >= 4 is 11.8 Å². The summed E-state index contributed by atoms with van der Waals surface area (Å²) in [6, 6.07) is 18.2. The van der Waals surface area contributed by atoms with Crippen LogP contribution in [0.5, 0.6) is 11.5 Å². The normalized spacial score (nSPS) is 13.1. The first kappa shape index (κ1) is 13.4. The zero-order valence-electron chi connectivity index (χ0n) is 12.2. The molecule has 3 rings (SSSR count). The third-order valence-corrected chi connectivity index (χ3v) is 3.71. The van der Waals surface area contributed by atoms with Crippen molar-refractivity contribution in [1.82, 2.24) is 0 Å². The molecule has 0 fully saturated rings. The number of para-hydroxylation sites is 2. The van der Waals surface area contributed by atoms with Gasteiger partial charge in [-0.1, -0.05) is 30.3 Å². The number of ether oxygens (including phenoxy) is 1. The Hall–Kier alpha value is -2.57. The fourth-order valence-electron chi connectivity index (χ4n) is 2.57. The highest BCUT2D eigenvalue weighted by atomic mass is 16.5. The molecule has 0 saturated heterocycles. The summed E-state index contributed by atoms with van der Waals surface area (Å²) in [6.45, 7) is 0.405. The number of rotatable bonds is 2. The Morgan fingerprint density at radius 1 is 1.00 bits per heavy atom. The van der Waals surface area contributed by atoms with Crippen LogP contribution in [0.2, 0.25) is 0 Å². The quantitative estimate of drug-likeness (QED) is 0.616. The van der Waals surface area contributed by atoms with Gasteiger partial charge in [0.15, 0.2) is 6.54 Å². The molecule has 0 bridgehead atoms. The van der Waals surface area contributed by atoms with Gasteiger partial charge in [-0.2, -0.15) is 5.26 Å². The van der Waals surface area contributed by atoms with Crippen molar-refractivity contribution in [3.63, 3.8) is 0 Å². The van der Waals surface area contributed by atoms with E-state index < -0.39 is 0 Å². The third-order valence-electron chi connectivity index (χ3n) is 3.71. The summed E-state index contributed by atoms with van der Waals surface area (Å²) in [5.41, 5.74) is 3.15. The van der Waals surface area contributed by atoms with E-state index in [4.69, 9.17) is 10.00 Å². The molecule has 3 nitrogen and oxygen atoms in total. The largest absolute Gasteiger partial charge is 0.456 e. The summed E-state index contributed by atoms with van der Waals surface area (Å²) in [7, 11) is 4.08. The highest BCUT2D eigenvalue weighted by Gasteiger charge is 2.28. The molecule has 0 spiro atoms. The molecular formula is C18H17N2O+. The van der Waals surface area contributed by atoms with Gasteiger partial charge >= 0.3 is 0 Å². The lowest BCUT2D eigenvalue weighted by atomic mass is 10.1. The minimum atomic E-state index is 0.405. The molecule has 0 radical (unpaired) electrons. The van der Waals surface area contributed by atoms with Crippen molar-refractivity contribution in [3.8, 4) is 17.6 Å². The second kappa shape index (κ2) is 5.08. The molecule has 0 unspecified atom stereocenters. The summed E-state index contributed by atoms with van der Waals surface area (Å²) in [6.07, 6.45) is 2.12. The van der Waals surface area contributed by atoms with Gasteiger partial charge in [0.2, 0.25) is 0 Å². The molecular weight excluding hydrogens is 260 g/mol. The molecule has 0 saturated carbocycles. The molecule has 1 heterocycles. The first-order valence-corrected chi connectivity index (χ1v) is 6.90. The SMILES string of the molecule is C[N+](C)(CC#N)C1=Cc2ccccc2Oc2ccccc21. The van der Waals surface area contributed by atoms with Crippen LogP contribution in [0.25, 0.3) is 11.8 Å². The van der Waals surface area contributed by atoms with Crippen LogP contribution in [0.15, 0.2) is 48.5 Å². The summed E-state index contributed by atoms with van der Waals surface area (Å²) in [4.78, 5) is 0. The molecule has 21 heavy (non-hydrogen) atoms. The predicted octanol–water partition coefficient (Wildman–Crippen LogP) is 3.89. The zero-order chi connectivity index (χ0) is 14.9. The Balaban J connectivity index is 2.25. The van der Waals surface area contributed by atoms with Gasteiger partial charge in [0.25, 0.3) is 0 Å². The van der Waals surface area contributed by atoms with Gasteiger partial charge in [0.1, 0.15) is 23.3 Å². The van der Waals surface area contributed by atoms with Gasteiger partial charge in [0, 0.05) is 11.6 Å². The second-order valence-corrected chi connectivity index (χ2v) is 5.67. The van der Waals surface area contributed by atoms with Gasteiger partial charge in [-0.15, -0.1) is 0 Å². The van der Waals surface area contributed by atoms with Crippen LogP contribution < -0.4 is 4.74 Å². The Kier molecular flexibility index (Phi) is 3.25. The molecule has 3 heteroatoms. The molecule has 104 valence electrons. The standard InChI is InChI=1S/C18H17N2O/c1-20(2,12-11-19)16-13-14-7-3-5-9-17(14)21-18-10-6-4-8-15(16)18/h3-10,13H,12H2,1-2H3/q+1. The average Bonchev–Trinajstić information content (AvgIpc) is 2.64. The van der Waals surface area contributed by atoms with E-state index >= 15 is 0 Å². The third kappa shape index (κ3) is 2.42. The van der Waals surface area contributed by atoms with Crippen LogP contribution in [0, 0.1) is 11.3 Å². The highest BCUT2D eigenvalue weighted by molar-refractivity contribution is 5.83. The highest BCUT2D eigenvalue weighted by Crippen LogP contribution is 2.40. The fraction of sp³-hybridized carbons (Fsp3) is 0.167. The number of hydrogen-bond acceptors (Lipinski definition) is 2. The summed E-state index contributed by atoms with van der Waals surface area (Å²) >= 11 is 0. The van der Waals surface area contributed by atoms with Gasteiger partial charge in [-0.3, -0.25) is 4.48 Å². The second-order valence-electron chi connectivity index (χ2n) is 5.67. The predicted molar refractivity (Wildman–Crippen MR) is 83.4 cm³/mol. The van der Waals surface area contributed by atoms with Gasteiger partial charge < -0.3 is 4.74 Å². The monoisotopic (exact) mass is 277 g/mol. The lowest BCUT2D eigenvalue weighted by Gasteiger charge is -2.29.